The summed E-state index contributed by atoms with van der Waals surface area (Å²) < 4.78 is 1.67. The number of pyridine rings is 1. The van der Waals surface area contributed by atoms with Crippen molar-refractivity contribution in [3.8, 4) is 0 Å². The van der Waals surface area contributed by atoms with Gasteiger partial charge < -0.3 is 9.80 Å². The second-order valence-electron chi connectivity index (χ2n) is 7.58. The van der Waals surface area contributed by atoms with Crippen LogP contribution >= 0.6 is 0 Å². The molecular weight excluding hydrogens is 314 g/mol. The predicted octanol–water partition coefficient (Wildman–Crippen LogP) is 2.46. The lowest BCUT2D eigenvalue weighted by atomic mass is 9.94. The molecular formula is C19H27N5O. The molecule has 0 radical (unpaired) electrons. The van der Waals surface area contributed by atoms with Gasteiger partial charge in [0.25, 0.3) is 5.91 Å². The van der Waals surface area contributed by atoms with Gasteiger partial charge in [-0.2, -0.15) is 5.10 Å². The lowest BCUT2D eigenvalue weighted by molar-refractivity contribution is 0.0594. The molecule has 4 heterocycles. The minimum atomic E-state index is 0.119. The first kappa shape index (κ1) is 16.5. The molecule has 2 aromatic rings. The summed E-state index contributed by atoms with van der Waals surface area (Å²) in [4.78, 5) is 21.7. The summed E-state index contributed by atoms with van der Waals surface area (Å²) in [6, 6.07) is 4.41. The van der Waals surface area contributed by atoms with E-state index >= 15 is 0 Å². The highest BCUT2D eigenvalue weighted by Gasteiger charge is 2.28. The van der Waals surface area contributed by atoms with Gasteiger partial charge in [-0.05, 0) is 57.2 Å². The fraction of sp³-hybridized carbons (Fsp3) is 0.632. The molecule has 6 nitrogen and oxygen atoms in total. The minimum Gasteiger partial charge on any atom is -0.338 e. The molecule has 2 atom stereocenters. The fourth-order valence-corrected chi connectivity index (χ4v) is 4.28. The van der Waals surface area contributed by atoms with Crippen molar-refractivity contribution in [2.45, 2.75) is 45.1 Å². The molecule has 2 fully saturated rings. The third-order valence-corrected chi connectivity index (χ3v) is 5.76. The highest BCUT2D eigenvalue weighted by molar-refractivity contribution is 5.94. The number of likely N-dealkylation sites (tertiary alicyclic amines) is 2. The van der Waals surface area contributed by atoms with Gasteiger partial charge in [0.15, 0.2) is 5.65 Å². The number of hydrogen-bond donors (Lipinski definition) is 0. The van der Waals surface area contributed by atoms with E-state index in [1.807, 2.05) is 17.0 Å². The van der Waals surface area contributed by atoms with E-state index in [1.54, 1.807) is 10.7 Å². The van der Waals surface area contributed by atoms with Crippen molar-refractivity contribution in [3.05, 3.63) is 30.2 Å². The fourth-order valence-electron chi connectivity index (χ4n) is 4.28. The van der Waals surface area contributed by atoms with Gasteiger partial charge in [0.1, 0.15) is 6.33 Å². The Morgan fingerprint density at radius 3 is 3.00 bits per heavy atom. The summed E-state index contributed by atoms with van der Waals surface area (Å²) in [5.74, 6) is 0.710. The van der Waals surface area contributed by atoms with Crippen LogP contribution in [0.15, 0.2) is 24.7 Å². The largest absolute Gasteiger partial charge is 0.338 e. The molecule has 134 valence electrons. The summed E-state index contributed by atoms with van der Waals surface area (Å²) in [5.41, 5.74) is 1.47. The number of carbonyl (C=O) groups excluding carboxylic acids is 1. The molecule has 6 heteroatoms. The number of amides is 1. The van der Waals surface area contributed by atoms with Crippen molar-refractivity contribution in [2.75, 3.05) is 26.2 Å². The molecule has 4 rings (SSSR count). The molecule has 1 amide bonds. The van der Waals surface area contributed by atoms with Gasteiger partial charge in [0.2, 0.25) is 0 Å². The zero-order valence-corrected chi connectivity index (χ0v) is 15.0. The summed E-state index contributed by atoms with van der Waals surface area (Å²) in [7, 11) is 0. The molecule has 2 aliphatic heterocycles. The Morgan fingerprint density at radius 1 is 1.20 bits per heavy atom. The van der Waals surface area contributed by atoms with Crippen LogP contribution in [0, 0.1) is 5.92 Å². The van der Waals surface area contributed by atoms with Gasteiger partial charge in [-0.3, -0.25) is 4.79 Å². The molecule has 2 unspecified atom stereocenters. The smallest absolute Gasteiger partial charge is 0.255 e. The van der Waals surface area contributed by atoms with E-state index in [9.17, 15) is 4.79 Å². The van der Waals surface area contributed by atoms with E-state index in [4.69, 9.17) is 0 Å². The zero-order chi connectivity index (χ0) is 17.2. The van der Waals surface area contributed by atoms with Crippen molar-refractivity contribution in [1.82, 2.24) is 24.4 Å². The monoisotopic (exact) mass is 341 g/mol. The van der Waals surface area contributed by atoms with Gasteiger partial charge >= 0.3 is 0 Å². The van der Waals surface area contributed by atoms with Crippen LogP contribution in [0.1, 0.15) is 49.4 Å². The molecule has 2 saturated heterocycles. The van der Waals surface area contributed by atoms with Gasteiger partial charge in [0.05, 0.1) is 5.56 Å². The quantitative estimate of drug-likeness (QED) is 0.860. The van der Waals surface area contributed by atoms with E-state index in [0.29, 0.717) is 17.5 Å². The molecule has 0 aromatic carbocycles. The molecule has 0 N–H and O–H groups in total. The standard InChI is InChI=1S/C19H27N5O/c1-15-5-2-3-9-22(15)11-16-6-4-10-23(12-16)19(25)17-7-8-18-20-14-21-24(18)13-17/h7-8,13-16H,2-6,9-12H2,1H3. The highest BCUT2D eigenvalue weighted by Crippen LogP contribution is 2.23. The minimum absolute atomic E-state index is 0.119. The maximum atomic E-state index is 12.9. The van der Waals surface area contributed by atoms with Crippen molar-refractivity contribution in [2.24, 2.45) is 5.92 Å². The molecule has 0 saturated carbocycles. The van der Waals surface area contributed by atoms with Crippen LogP contribution in [-0.4, -0.2) is 62.5 Å². The Labute approximate surface area is 148 Å². The Bertz CT molecular complexity index is 742. The Balaban J connectivity index is 1.42. The number of rotatable bonds is 3. The van der Waals surface area contributed by atoms with Crippen LogP contribution in [0.25, 0.3) is 5.65 Å². The maximum Gasteiger partial charge on any atom is 0.255 e. The van der Waals surface area contributed by atoms with Gasteiger partial charge in [-0.25, -0.2) is 9.50 Å². The molecule has 2 aromatic heterocycles. The van der Waals surface area contributed by atoms with E-state index in [1.165, 1.54) is 38.6 Å². The topological polar surface area (TPSA) is 53.7 Å². The number of fused-ring (bicyclic) bond motifs is 1. The maximum absolute atomic E-state index is 12.9. The van der Waals surface area contributed by atoms with E-state index in [0.717, 1.165) is 31.7 Å². The summed E-state index contributed by atoms with van der Waals surface area (Å²) in [5, 5.41) is 4.14. The SMILES string of the molecule is CC1CCCCN1CC1CCCN(C(=O)c2ccc3ncnn3c2)C1. The van der Waals surface area contributed by atoms with Crippen LogP contribution in [0.4, 0.5) is 0 Å². The van der Waals surface area contributed by atoms with Gasteiger partial charge in [-0.1, -0.05) is 6.42 Å². The molecule has 25 heavy (non-hydrogen) atoms. The highest BCUT2D eigenvalue weighted by atomic mass is 16.2. The molecule has 2 aliphatic rings. The second-order valence-corrected chi connectivity index (χ2v) is 7.58. The van der Waals surface area contributed by atoms with Crippen molar-refractivity contribution in [3.63, 3.8) is 0 Å². The number of hydrogen-bond acceptors (Lipinski definition) is 4. The normalized spacial score (nSPS) is 25.4. The second kappa shape index (κ2) is 7.12. The number of carbonyl (C=O) groups is 1. The van der Waals surface area contributed by atoms with Gasteiger partial charge in [-0.15, -0.1) is 0 Å². The summed E-state index contributed by atoms with van der Waals surface area (Å²) >= 11 is 0. The lowest BCUT2D eigenvalue weighted by Gasteiger charge is -2.39. The van der Waals surface area contributed by atoms with Crippen molar-refractivity contribution in [1.29, 1.82) is 0 Å². The first-order chi connectivity index (χ1) is 12.2. The molecule has 0 spiro atoms. The number of piperidine rings is 2. The van der Waals surface area contributed by atoms with Crippen LogP contribution in [-0.2, 0) is 0 Å². The number of nitrogens with zero attached hydrogens (tertiary/aromatic N) is 5. The van der Waals surface area contributed by atoms with Crippen LogP contribution in [0.3, 0.4) is 0 Å². The van der Waals surface area contributed by atoms with Crippen LogP contribution in [0.2, 0.25) is 0 Å². The molecule has 0 bridgehead atoms. The lowest BCUT2D eigenvalue weighted by Crippen LogP contribution is -2.46. The summed E-state index contributed by atoms with van der Waals surface area (Å²) in [6.07, 6.45) is 9.63. The molecule has 0 aliphatic carbocycles. The van der Waals surface area contributed by atoms with Crippen molar-refractivity contribution < 1.29 is 4.79 Å². The summed E-state index contributed by atoms with van der Waals surface area (Å²) in [6.45, 7) is 6.43. The van der Waals surface area contributed by atoms with E-state index in [2.05, 4.69) is 21.9 Å². The predicted molar refractivity (Wildman–Crippen MR) is 96.5 cm³/mol. The Hall–Kier alpha value is -1.95. The average Bonchev–Trinajstić information content (AvgIpc) is 3.11. The van der Waals surface area contributed by atoms with E-state index in [-0.39, 0.29) is 5.91 Å². The zero-order valence-electron chi connectivity index (χ0n) is 15.0. The third kappa shape index (κ3) is 3.54. The first-order valence-electron chi connectivity index (χ1n) is 9.53. The average molecular weight is 341 g/mol. The Morgan fingerprint density at radius 2 is 2.12 bits per heavy atom. The Kier molecular flexibility index (Phi) is 4.70. The van der Waals surface area contributed by atoms with Crippen LogP contribution in [0.5, 0.6) is 0 Å². The van der Waals surface area contributed by atoms with Crippen LogP contribution < -0.4 is 0 Å². The third-order valence-electron chi connectivity index (χ3n) is 5.76. The van der Waals surface area contributed by atoms with Gasteiger partial charge in [0, 0.05) is 31.9 Å². The number of aromatic nitrogens is 3. The van der Waals surface area contributed by atoms with E-state index < -0.39 is 0 Å². The first-order valence-corrected chi connectivity index (χ1v) is 9.53. The van der Waals surface area contributed by atoms with Crippen molar-refractivity contribution >= 4 is 11.6 Å².